The Morgan fingerprint density at radius 1 is 1.28 bits per heavy atom. The number of nitrogens with one attached hydrogen (secondary N) is 1. The Morgan fingerprint density at radius 3 is 2.80 bits per heavy atom. The topological polar surface area (TPSA) is 40.1 Å². The summed E-state index contributed by atoms with van der Waals surface area (Å²) in [7, 11) is 2.22. The first-order valence-electron chi connectivity index (χ1n) is 10.6. The highest BCUT2D eigenvalue weighted by Gasteiger charge is 2.66. The Kier molecular flexibility index (Phi) is 4.98. The van der Waals surface area contributed by atoms with Crippen molar-refractivity contribution in [1.82, 2.24) is 15.1 Å². The SMILES string of the molecule is CCN=C(NC1C2CCOC2C12CCC2)N(C)CC1CCCN1CC. The summed E-state index contributed by atoms with van der Waals surface area (Å²) >= 11 is 0. The van der Waals surface area contributed by atoms with Crippen molar-refractivity contribution in [2.24, 2.45) is 16.3 Å². The highest BCUT2D eigenvalue weighted by molar-refractivity contribution is 5.80. The first kappa shape index (κ1) is 17.6. The molecule has 1 spiro atoms. The van der Waals surface area contributed by atoms with Gasteiger partial charge in [-0.3, -0.25) is 9.89 Å². The minimum Gasteiger partial charge on any atom is -0.377 e. The molecule has 0 aromatic carbocycles. The van der Waals surface area contributed by atoms with Crippen LogP contribution in [0.3, 0.4) is 0 Å². The minimum absolute atomic E-state index is 0.416. The molecule has 4 atom stereocenters. The third-order valence-corrected chi connectivity index (χ3v) is 7.38. The van der Waals surface area contributed by atoms with Gasteiger partial charge in [-0.15, -0.1) is 0 Å². The molecule has 4 fully saturated rings. The van der Waals surface area contributed by atoms with E-state index in [-0.39, 0.29) is 0 Å². The lowest BCUT2D eigenvalue weighted by Crippen LogP contribution is -2.72. The number of guanidine groups is 1. The van der Waals surface area contributed by atoms with Gasteiger partial charge in [0, 0.05) is 50.2 Å². The monoisotopic (exact) mass is 348 g/mol. The van der Waals surface area contributed by atoms with E-state index in [4.69, 9.17) is 9.73 Å². The number of aliphatic imine (C=N–C) groups is 1. The molecule has 25 heavy (non-hydrogen) atoms. The lowest BCUT2D eigenvalue weighted by atomic mass is 9.46. The molecule has 2 aliphatic heterocycles. The number of fused-ring (bicyclic) bond motifs is 2. The molecule has 4 aliphatic rings. The summed E-state index contributed by atoms with van der Waals surface area (Å²) < 4.78 is 6.08. The van der Waals surface area contributed by atoms with Crippen molar-refractivity contribution in [3.8, 4) is 0 Å². The van der Waals surface area contributed by atoms with Gasteiger partial charge in [-0.1, -0.05) is 13.3 Å². The molecule has 0 aromatic heterocycles. The van der Waals surface area contributed by atoms with Crippen LogP contribution in [0.5, 0.6) is 0 Å². The number of rotatable bonds is 5. The fraction of sp³-hybridized carbons (Fsp3) is 0.950. The molecular weight excluding hydrogens is 312 g/mol. The van der Waals surface area contributed by atoms with Crippen LogP contribution in [0.15, 0.2) is 4.99 Å². The first-order valence-corrected chi connectivity index (χ1v) is 10.6. The first-order chi connectivity index (χ1) is 12.2. The van der Waals surface area contributed by atoms with Crippen molar-refractivity contribution in [2.75, 3.05) is 39.8 Å². The zero-order chi connectivity index (χ0) is 17.4. The predicted molar refractivity (Wildman–Crippen MR) is 102 cm³/mol. The van der Waals surface area contributed by atoms with Crippen LogP contribution >= 0.6 is 0 Å². The van der Waals surface area contributed by atoms with Gasteiger partial charge in [0.2, 0.25) is 0 Å². The molecule has 0 aromatic rings. The maximum atomic E-state index is 6.08. The predicted octanol–water partition coefficient (Wildman–Crippen LogP) is 2.33. The average Bonchev–Trinajstić information content (AvgIpc) is 3.17. The molecule has 0 radical (unpaired) electrons. The van der Waals surface area contributed by atoms with Crippen molar-refractivity contribution in [3.05, 3.63) is 0 Å². The van der Waals surface area contributed by atoms with E-state index in [1.807, 2.05) is 0 Å². The van der Waals surface area contributed by atoms with E-state index in [0.29, 0.717) is 29.5 Å². The van der Waals surface area contributed by atoms with Crippen LogP contribution in [0.2, 0.25) is 0 Å². The summed E-state index contributed by atoms with van der Waals surface area (Å²) in [5, 5.41) is 3.90. The van der Waals surface area contributed by atoms with Crippen molar-refractivity contribution >= 4 is 5.96 Å². The smallest absolute Gasteiger partial charge is 0.193 e. The van der Waals surface area contributed by atoms with Gasteiger partial charge in [-0.2, -0.15) is 0 Å². The van der Waals surface area contributed by atoms with Crippen molar-refractivity contribution < 1.29 is 4.74 Å². The second-order valence-corrected chi connectivity index (χ2v) is 8.56. The minimum atomic E-state index is 0.416. The molecule has 2 aliphatic carbocycles. The maximum Gasteiger partial charge on any atom is 0.193 e. The summed E-state index contributed by atoms with van der Waals surface area (Å²) in [4.78, 5) is 9.86. The number of nitrogens with zero attached hydrogens (tertiary/aromatic N) is 3. The lowest BCUT2D eigenvalue weighted by Gasteiger charge is -2.63. The maximum absolute atomic E-state index is 6.08. The zero-order valence-electron chi connectivity index (χ0n) is 16.3. The average molecular weight is 349 g/mol. The molecular formula is C20H36N4O. The molecule has 4 unspecified atom stereocenters. The summed E-state index contributed by atoms with van der Waals surface area (Å²) in [6.45, 7) is 9.74. The number of ether oxygens (including phenoxy) is 1. The van der Waals surface area contributed by atoms with E-state index in [9.17, 15) is 0 Å². The fourth-order valence-electron chi connectivity index (χ4n) is 5.94. The van der Waals surface area contributed by atoms with E-state index < -0.39 is 0 Å². The summed E-state index contributed by atoms with van der Waals surface area (Å²) in [6.07, 6.45) is 8.45. The van der Waals surface area contributed by atoms with Crippen LogP contribution in [0.1, 0.15) is 52.4 Å². The third kappa shape index (κ3) is 2.87. The second kappa shape index (κ2) is 7.07. The van der Waals surface area contributed by atoms with E-state index in [2.05, 4.69) is 36.0 Å². The standard InChI is InChI=1S/C20H36N4O/c1-4-21-19(23(3)14-15-8-6-12-24(15)5-2)22-17-16-9-13-25-18(16)20(17)10-7-11-20/h15-18H,4-14H2,1-3H3,(H,21,22). The van der Waals surface area contributed by atoms with Gasteiger partial charge in [0.05, 0.1) is 6.10 Å². The Labute approximate surface area is 153 Å². The number of likely N-dealkylation sites (N-methyl/N-ethyl adjacent to an activating group) is 2. The largest absolute Gasteiger partial charge is 0.377 e. The van der Waals surface area contributed by atoms with E-state index >= 15 is 0 Å². The lowest BCUT2D eigenvalue weighted by molar-refractivity contribution is -0.171. The molecule has 142 valence electrons. The molecule has 1 N–H and O–H groups in total. The van der Waals surface area contributed by atoms with Gasteiger partial charge in [-0.05, 0) is 52.1 Å². The highest BCUT2D eigenvalue weighted by Crippen LogP contribution is 2.62. The number of hydrogen-bond acceptors (Lipinski definition) is 3. The Balaban J connectivity index is 1.42. The quantitative estimate of drug-likeness (QED) is 0.611. The molecule has 2 saturated heterocycles. The van der Waals surface area contributed by atoms with Crippen LogP contribution < -0.4 is 5.32 Å². The summed E-state index contributed by atoms with van der Waals surface area (Å²) in [6, 6.07) is 1.26. The van der Waals surface area contributed by atoms with Crippen LogP contribution in [0.25, 0.3) is 0 Å². The molecule has 0 bridgehead atoms. The molecule has 4 rings (SSSR count). The van der Waals surface area contributed by atoms with Crippen molar-refractivity contribution in [2.45, 2.75) is 70.6 Å². The van der Waals surface area contributed by atoms with Gasteiger partial charge in [0.15, 0.2) is 5.96 Å². The summed E-state index contributed by atoms with van der Waals surface area (Å²) in [5.74, 6) is 1.82. The van der Waals surface area contributed by atoms with Crippen LogP contribution in [0.4, 0.5) is 0 Å². The van der Waals surface area contributed by atoms with Crippen LogP contribution in [-0.2, 0) is 4.74 Å². The number of hydrogen-bond donors (Lipinski definition) is 1. The van der Waals surface area contributed by atoms with E-state index in [1.54, 1.807) is 0 Å². The van der Waals surface area contributed by atoms with Gasteiger partial charge >= 0.3 is 0 Å². The fourth-order valence-corrected chi connectivity index (χ4v) is 5.94. The highest BCUT2D eigenvalue weighted by atomic mass is 16.5. The van der Waals surface area contributed by atoms with Crippen LogP contribution in [0, 0.1) is 11.3 Å². The molecule has 5 heteroatoms. The van der Waals surface area contributed by atoms with Crippen molar-refractivity contribution in [3.63, 3.8) is 0 Å². The normalized spacial score (nSPS) is 36.8. The van der Waals surface area contributed by atoms with Crippen LogP contribution in [-0.4, -0.2) is 73.8 Å². The Morgan fingerprint density at radius 2 is 2.12 bits per heavy atom. The Bertz CT molecular complexity index is 504. The molecule has 5 nitrogen and oxygen atoms in total. The zero-order valence-corrected chi connectivity index (χ0v) is 16.3. The Hall–Kier alpha value is -0.810. The third-order valence-electron chi connectivity index (χ3n) is 7.38. The van der Waals surface area contributed by atoms with E-state index in [1.165, 1.54) is 51.6 Å². The molecule has 2 heterocycles. The van der Waals surface area contributed by atoms with Gasteiger partial charge < -0.3 is 15.0 Å². The molecule has 2 saturated carbocycles. The number of likely N-dealkylation sites (tertiary alicyclic amines) is 1. The molecule has 0 amide bonds. The van der Waals surface area contributed by atoms with Gasteiger partial charge in [0.25, 0.3) is 0 Å². The van der Waals surface area contributed by atoms with Gasteiger partial charge in [-0.25, -0.2) is 0 Å². The second-order valence-electron chi connectivity index (χ2n) is 8.56. The van der Waals surface area contributed by atoms with E-state index in [0.717, 1.165) is 25.7 Å². The summed E-state index contributed by atoms with van der Waals surface area (Å²) in [5.41, 5.74) is 0.416. The van der Waals surface area contributed by atoms with Gasteiger partial charge in [0.1, 0.15) is 0 Å². The van der Waals surface area contributed by atoms with Crippen molar-refractivity contribution in [1.29, 1.82) is 0 Å².